The minimum absolute atomic E-state index is 0.530. The van der Waals surface area contributed by atoms with Crippen molar-refractivity contribution in [3.05, 3.63) is 71.8 Å². The molecule has 1 heteroatoms. The molecule has 20 heavy (non-hydrogen) atoms. The first kappa shape index (κ1) is 14.8. The maximum Gasteiger partial charge on any atom is 0.0136 e. The predicted molar refractivity (Wildman–Crippen MR) is 87.1 cm³/mol. The van der Waals surface area contributed by atoms with Crippen molar-refractivity contribution in [2.45, 2.75) is 38.6 Å². The van der Waals surface area contributed by atoms with Crippen LogP contribution in [0.2, 0.25) is 0 Å². The minimum atomic E-state index is 0.530. The summed E-state index contributed by atoms with van der Waals surface area (Å²) in [5, 5.41) is 3.65. The maximum atomic E-state index is 3.65. The zero-order valence-electron chi connectivity index (χ0n) is 12.5. The molecule has 0 saturated heterocycles. The van der Waals surface area contributed by atoms with Crippen LogP contribution in [0.4, 0.5) is 0 Å². The van der Waals surface area contributed by atoms with Gasteiger partial charge >= 0.3 is 0 Å². The zero-order valence-corrected chi connectivity index (χ0v) is 12.5. The summed E-state index contributed by atoms with van der Waals surface area (Å²) in [6.45, 7) is 5.54. The normalized spacial score (nSPS) is 13.9. The summed E-state index contributed by atoms with van der Waals surface area (Å²) in [7, 11) is 0. The van der Waals surface area contributed by atoms with Gasteiger partial charge in [-0.15, -0.1) is 0 Å². The SMILES string of the molecule is CCNC(CCc1ccccc1)C(C)c1ccccc1. The van der Waals surface area contributed by atoms with Gasteiger partial charge in [-0.3, -0.25) is 0 Å². The minimum Gasteiger partial charge on any atom is -0.314 e. The molecule has 0 heterocycles. The fourth-order valence-corrected chi connectivity index (χ4v) is 2.75. The van der Waals surface area contributed by atoms with Crippen molar-refractivity contribution < 1.29 is 0 Å². The molecule has 2 aromatic carbocycles. The van der Waals surface area contributed by atoms with E-state index in [9.17, 15) is 0 Å². The van der Waals surface area contributed by atoms with E-state index in [1.54, 1.807) is 0 Å². The molecule has 0 aromatic heterocycles. The summed E-state index contributed by atoms with van der Waals surface area (Å²) < 4.78 is 0. The van der Waals surface area contributed by atoms with E-state index in [2.05, 4.69) is 79.8 Å². The van der Waals surface area contributed by atoms with Crippen LogP contribution in [0.25, 0.3) is 0 Å². The molecule has 0 saturated carbocycles. The highest BCUT2D eigenvalue weighted by Crippen LogP contribution is 2.22. The van der Waals surface area contributed by atoms with Gasteiger partial charge < -0.3 is 5.32 Å². The van der Waals surface area contributed by atoms with Crippen LogP contribution in [0.3, 0.4) is 0 Å². The Balaban J connectivity index is 1.99. The summed E-state index contributed by atoms with van der Waals surface area (Å²) in [5.41, 5.74) is 2.85. The Morgan fingerprint density at radius 3 is 2.10 bits per heavy atom. The molecule has 1 N–H and O–H groups in total. The molecule has 0 bridgehead atoms. The van der Waals surface area contributed by atoms with E-state index < -0.39 is 0 Å². The molecular weight excluding hydrogens is 242 g/mol. The van der Waals surface area contributed by atoms with Gasteiger partial charge in [0.05, 0.1) is 0 Å². The third-order valence-corrected chi connectivity index (χ3v) is 3.98. The number of aryl methyl sites for hydroxylation is 1. The van der Waals surface area contributed by atoms with Crippen molar-refractivity contribution in [2.24, 2.45) is 0 Å². The molecule has 106 valence electrons. The van der Waals surface area contributed by atoms with Crippen LogP contribution >= 0.6 is 0 Å². The van der Waals surface area contributed by atoms with Crippen molar-refractivity contribution >= 4 is 0 Å². The fraction of sp³-hybridized carbons (Fsp3) is 0.368. The topological polar surface area (TPSA) is 12.0 Å². The third-order valence-electron chi connectivity index (χ3n) is 3.98. The first-order valence-electron chi connectivity index (χ1n) is 7.63. The second kappa shape index (κ2) is 7.86. The van der Waals surface area contributed by atoms with Crippen molar-refractivity contribution in [3.63, 3.8) is 0 Å². The van der Waals surface area contributed by atoms with E-state index in [1.165, 1.54) is 17.5 Å². The molecule has 0 radical (unpaired) electrons. The second-order valence-electron chi connectivity index (χ2n) is 5.39. The first-order valence-corrected chi connectivity index (χ1v) is 7.63. The highest BCUT2D eigenvalue weighted by atomic mass is 14.9. The van der Waals surface area contributed by atoms with Gasteiger partial charge in [-0.25, -0.2) is 0 Å². The van der Waals surface area contributed by atoms with E-state index in [1.807, 2.05) is 0 Å². The summed E-state index contributed by atoms with van der Waals surface area (Å²) >= 11 is 0. The lowest BCUT2D eigenvalue weighted by molar-refractivity contribution is 0.434. The van der Waals surface area contributed by atoms with Crippen LogP contribution < -0.4 is 5.32 Å². The van der Waals surface area contributed by atoms with E-state index in [0.29, 0.717) is 12.0 Å². The number of hydrogen-bond acceptors (Lipinski definition) is 1. The molecule has 0 amide bonds. The first-order chi connectivity index (χ1) is 9.81. The molecule has 1 nitrogen and oxygen atoms in total. The summed E-state index contributed by atoms with van der Waals surface area (Å²) in [4.78, 5) is 0. The summed E-state index contributed by atoms with van der Waals surface area (Å²) in [5.74, 6) is 0.542. The van der Waals surface area contributed by atoms with E-state index in [0.717, 1.165) is 13.0 Å². The van der Waals surface area contributed by atoms with Gasteiger partial charge in [0.25, 0.3) is 0 Å². The number of benzene rings is 2. The van der Waals surface area contributed by atoms with Gasteiger partial charge in [-0.05, 0) is 36.4 Å². The van der Waals surface area contributed by atoms with Crippen molar-refractivity contribution in [2.75, 3.05) is 6.54 Å². The molecule has 0 aliphatic carbocycles. The van der Waals surface area contributed by atoms with E-state index in [-0.39, 0.29) is 0 Å². The molecule has 0 spiro atoms. The number of likely N-dealkylation sites (N-methyl/N-ethyl adjacent to an activating group) is 1. The van der Waals surface area contributed by atoms with Crippen molar-refractivity contribution in [3.8, 4) is 0 Å². The quantitative estimate of drug-likeness (QED) is 0.784. The monoisotopic (exact) mass is 267 g/mol. The van der Waals surface area contributed by atoms with Crippen molar-refractivity contribution in [1.29, 1.82) is 0 Å². The van der Waals surface area contributed by atoms with E-state index >= 15 is 0 Å². The van der Waals surface area contributed by atoms with Crippen LogP contribution in [-0.2, 0) is 6.42 Å². The highest BCUT2D eigenvalue weighted by Gasteiger charge is 2.17. The lowest BCUT2D eigenvalue weighted by Crippen LogP contribution is -2.34. The second-order valence-corrected chi connectivity index (χ2v) is 5.39. The molecule has 2 aromatic rings. The van der Waals surface area contributed by atoms with Crippen molar-refractivity contribution in [1.82, 2.24) is 5.32 Å². The Morgan fingerprint density at radius 2 is 1.50 bits per heavy atom. The number of hydrogen-bond donors (Lipinski definition) is 1. The fourth-order valence-electron chi connectivity index (χ4n) is 2.75. The Bertz CT molecular complexity index is 478. The average Bonchev–Trinajstić information content (AvgIpc) is 2.52. The van der Waals surface area contributed by atoms with Crippen LogP contribution in [0.5, 0.6) is 0 Å². The lowest BCUT2D eigenvalue weighted by Gasteiger charge is -2.25. The van der Waals surface area contributed by atoms with Crippen LogP contribution in [0.15, 0.2) is 60.7 Å². The van der Waals surface area contributed by atoms with Crippen LogP contribution in [0.1, 0.15) is 37.3 Å². The van der Waals surface area contributed by atoms with E-state index in [4.69, 9.17) is 0 Å². The Labute approximate surface area is 123 Å². The predicted octanol–water partition coefficient (Wildman–Crippen LogP) is 4.40. The molecular formula is C19H25N. The number of rotatable bonds is 7. The van der Waals surface area contributed by atoms with Crippen LogP contribution in [0, 0.1) is 0 Å². The van der Waals surface area contributed by atoms with Gasteiger partial charge in [0.2, 0.25) is 0 Å². The van der Waals surface area contributed by atoms with Gasteiger partial charge in [0.15, 0.2) is 0 Å². The van der Waals surface area contributed by atoms with Gasteiger partial charge in [0, 0.05) is 6.04 Å². The zero-order chi connectivity index (χ0) is 14.2. The smallest absolute Gasteiger partial charge is 0.0136 e. The Hall–Kier alpha value is -1.60. The van der Waals surface area contributed by atoms with Gasteiger partial charge in [-0.1, -0.05) is 74.5 Å². The highest BCUT2D eigenvalue weighted by molar-refractivity contribution is 5.21. The van der Waals surface area contributed by atoms with Gasteiger partial charge in [0.1, 0.15) is 0 Å². The largest absolute Gasteiger partial charge is 0.314 e. The third kappa shape index (κ3) is 4.21. The summed E-state index contributed by atoms with van der Waals surface area (Å²) in [6.07, 6.45) is 2.31. The molecule has 0 aliphatic rings. The molecule has 0 fully saturated rings. The standard InChI is InChI=1S/C19H25N/c1-3-20-19(15-14-17-10-6-4-7-11-17)16(2)18-12-8-5-9-13-18/h4-13,16,19-20H,3,14-15H2,1-2H3. The average molecular weight is 267 g/mol. The maximum absolute atomic E-state index is 3.65. The Morgan fingerprint density at radius 1 is 0.900 bits per heavy atom. The lowest BCUT2D eigenvalue weighted by atomic mass is 9.89. The van der Waals surface area contributed by atoms with Gasteiger partial charge in [-0.2, -0.15) is 0 Å². The number of nitrogens with one attached hydrogen (secondary N) is 1. The molecule has 2 atom stereocenters. The molecule has 2 rings (SSSR count). The molecule has 2 unspecified atom stereocenters. The Kier molecular flexibility index (Phi) is 5.82. The van der Waals surface area contributed by atoms with Crippen LogP contribution in [-0.4, -0.2) is 12.6 Å². The molecule has 0 aliphatic heterocycles. The summed E-state index contributed by atoms with van der Waals surface area (Å²) in [6, 6.07) is 22.1.